The lowest BCUT2D eigenvalue weighted by atomic mass is 10.3. The Morgan fingerprint density at radius 1 is 1.10 bits per heavy atom. The van der Waals surface area contributed by atoms with Crippen LogP contribution in [0.3, 0.4) is 0 Å². The first-order valence-corrected chi connectivity index (χ1v) is 6.32. The zero-order valence-electron chi connectivity index (χ0n) is 10.5. The maximum Gasteiger partial charge on any atom is 0.354 e. The number of halogens is 3. The first-order chi connectivity index (χ1) is 9.40. The number of hydrogen-bond acceptors (Lipinski definition) is 5. The Bertz CT molecular complexity index is 572. The smallest absolute Gasteiger partial charge is 0.354 e. The summed E-state index contributed by atoms with van der Waals surface area (Å²) < 4.78 is 8.99. The number of carbonyl (C=O) groups excluding carboxylic acids is 2. The van der Waals surface area contributed by atoms with Crippen molar-refractivity contribution >= 4 is 52.4 Å². The fraction of sp³-hybridized carbons (Fsp3) is 0.167. The van der Waals surface area contributed by atoms with Gasteiger partial charge in [-0.1, -0.05) is 34.8 Å². The third kappa shape index (κ3) is 4.03. The first-order valence-electron chi connectivity index (χ1n) is 5.19. The lowest BCUT2D eigenvalue weighted by Gasteiger charge is -2.11. The Morgan fingerprint density at radius 2 is 1.75 bits per heavy atom. The molecule has 1 aromatic carbocycles. The molecule has 1 aromatic rings. The Labute approximate surface area is 130 Å². The van der Waals surface area contributed by atoms with Crippen LogP contribution in [-0.4, -0.2) is 26.2 Å². The zero-order valence-corrected chi connectivity index (χ0v) is 12.8. The molecule has 20 heavy (non-hydrogen) atoms. The van der Waals surface area contributed by atoms with E-state index in [1.165, 1.54) is 26.4 Å². The topological polar surface area (TPSA) is 64.6 Å². The van der Waals surface area contributed by atoms with E-state index in [1.54, 1.807) is 0 Å². The monoisotopic (exact) mass is 337 g/mol. The standard InChI is InChI=1S/C12H10Cl3NO4/c1-19-9(17)5-8(12(18)20-2)16-7-4-3-6(13)10(14)11(7)15/h3-5,16H,1-2H3/b8-5+. The van der Waals surface area contributed by atoms with E-state index in [2.05, 4.69) is 14.8 Å². The van der Waals surface area contributed by atoms with E-state index in [9.17, 15) is 9.59 Å². The molecule has 8 heteroatoms. The van der Waals surface area contributed by atoms with E-state index in [-0.39, 0.29) is 20.8 Å². The number of benzene rings is 1. The van der Waals surface area contributed by atoms with E-state index in [0.717, 1.165) is 6.08 Å². The minimum Gasteiger partial charge on any atom is -0.466 e. The predicted molar refractivity (Wildman–Crippen MR) is 77.2 cm³/mol. The van der Waals surface area contributed by atoms with E-state index in [1.807, 2.05) is 0 Å². The summed E-state index contributed by atoms with van der Waals surface area (Å²) in [6, 6.07) is 3.00. The van der Waals surface area contributed by atoms with Gasteiger partial charge in [0.05, 0.1) is 41.1 Å². The highest BCUT2D eigenvalue weighted by Crippen LogP contribution is 2.36. The number of anilines is 1. The summed E-state index contributed by atoms with van der Waals surface area (Å²) in [5.41, 5.74) is 0.140. The third-order valence-electron chi connectivity index (χ3n) is 2.17. The summed E-state index contributed by atoms with van der Waals surface area (Å²) >= 11 is 17.7. The van der Waals surface area contributed by atoms with E-state index >= 15 is 0 Å². The summed E-state index contributed by atoms with van der Waals surface area (Å²) in [4.78, 5) is 22.8. The van der Waals surface area contributed by atoms with Gasteiger partial charge < -0.3 is 14.8 Å². The fourth-order valence-corrected chi connectivity index (χ4v) is 1.78. The van der Waals surface area contributed by atoms with Gasteiger partial charge in [0.25, 0.3) is 0 Å². The van der Waals surface area contributed by atoms with Crippen molar-refractivity contribution in [2.75, 3.05) is 19.5 Å². The van der Waals surface area contributed by atoms with Crippen LogP contribution in [-0.2, 0) is 19.1 Å². The van der Waals surface area contributed by atoms with Gasteiger partial charge >= 0.3 is 11.9 Å². The molecule has 0 aliphatic rings. The van der Waals surface area contributed by atoms with Crippen molar-refractivity contribution in [3.63, 3.8) is 0 Å². The minimum absolute atomic E-state index is 0.110. The van der Waals surface area contributed by atoms with Gasteiger partial charge in [-0.3, -0.25) is 0 Å². The molecular formula is C12H10Cl3NO4. The van der Waals surface area contributed by atoms with Gasteiger partial charge in [-0.25, -0.2) is 9.59 Å². The van der Waals surface area contributed by atoms with Crippen LogP contribution in [0.15, 0.2) is 23.9 Å². The number of ether oxygens (including phenoxy) is 2. The van der Waals surface area contributed by atoms with Gasteiger partial charge in [-0.2, -0.15) is 0 Å². The van der Waals surface area contributed by atoms with Crippen LogP contribution in [0, 0.1) is 0 Å². The van der Waals surface area contributed by atoms with Crippen molar-refractivity contribution in [2.24, 2.45) is 0 Å². The molecule has 0 aromatic heterocycles. The van der Waals surface area contributed by atoms with Crippen molar-refractivity contribution in [3.8, 4) is 0 Å². The molecule has 0 radical (unpaired) electrons. The lowest BCUT2D eigenvalue weighted by molar-refractivity contribution is -0.138. The van der Waals surface area contributed by atoms with Crippen molar-refractivity contribution in [2.45, 2.75) is 0 Å². The van der Waals surface area contributed by atoms with Gasteiger partial charge in [0.2, 0.25) is 0 Å². The van der Waals surface area contributed by atoms with Crippen molar-refractivity contribution in [1.82, 2.24) is 0 Å². The van der Waals surface area contributed by atoms with Crippen molar-refractivity contribution in [1.29, 1.82) is 0 Å². The molecule has 0 heterocycles. The van der Waals surface area contributed by atoms with E-state index in [4.69, 9.17) is 34.8 Å². The number of esters is 2. The number of methoxy groups -OCH3 is 2. The number of nitrogens with one attached hydrogen (secondary N) is 1. The molecule has 5 nitrogen and oxygen atoms in total. The molecule has 1 N–H and O–H groups in total. The average Bonchev–Trinajstić information content (AvgIpc) is 2.45. The van der Waals surface area contributed by atoms with Gasteiger partial charge in [0.15, 0.2) is 0 Å². The highest BCUT2D eigenvalue weighted by Gasteiger charge is 2.16. The number of carbonyl (C=O) groups is 2. The van der Waals surface area contributed by atoms with E-state index < -0.39 is 11.9 Å². The highest BCUT2D eigenvalue weighted by atomic mass is 35.5. The Hall–Kier alpha value is -1.43. The second-order valence-electron chi connectivity index (χ2n) is 3.42. The molecular weight excluding hydrogens is 328 g/mol. The number of hydrogen-bond donors (Lipinski definition) is 1. The lowest BCUT2D eigenvalue weighted by Crippen LogP contribution is -2.15. The largest absolute Gasteiger partial charge is 0.466 e. The normalized spacial score (nSPS) is 10.9. The van der Waals surface area contributed by atoms with Gasteiger partial charge in [-0.05, 0) is 12.1 Å². The molecule has 0 spiro atoms. The maximum atomic E-state index is 11.6. The Kier molecular flexibility index (Phi) is 6.13. The predicted octanol–water partition coefficient (Wildman–Crippen LogP) is 3.29. The molecule has 0 unspecified atom stereocenters. The molecule has 0 aliphatic carbocycles. The van der Waals surface area contributed by atoms with Crippen LogP contribution in [0.25, 0.3) is 0 Å². The Morgan fingerprint density at radius 3 is 2.30 bits per heavy atom. The summed E-state index contributed by atoms with van der Waals surface area (Å²) in [7, 11) is 2.35. The minimum atomic E-state index is -0.766. The molecule has 0 atom stereocenters. The number of rotatable bonds is 4. The summed E-state index contributed by atoms with van der Waals surface area (Å²) in [6.07, 6.45) is 0.935. The summed E-state index contributed by atoms with van der Waals surface area (Å²) in [5, 5.41) is 3.14. The van der Waals surface area contributed by atoms with Crippen LogP contribution in [0.2, 0.25) is 15.1 Å². The van der Waals surface area contributed by atoms with E-state index in [0.29, 0.717) is 5.69 Å². The second-order valence-corrected chi connectivity index (χ2v) is 4.58. The molecule has 0 amide bonds. The van der Waals surface area contributed by atoms with Crippen LogP contribution in [0.1, 0.15) is 0 Å². The van der Waals surface area contributed by atoms with Crippen molar-refractivity contribution < 1.29 is 19.1 Å². The molecule has 0 bridgehead atoms. The SMILES string of the molecule is COC(=O)/C=C(/Nc1ccc(Cl)c(Cl)c1Cl)C(=O)OC. The first kappa shape index (κ1) is 16.6. The third-order valence-corrected chi connectivity index (χ3v) is 3.47. The van der Waals surface area contributed by atoms with Crippen LogP contribution >= 0.6 is 34.8 Å². The fourth-order valence-electron chi connectivity index (χ4n) is 1.20. The van der Waals surface area contributed by atoms with Gasteiger partial charge in [0.1, 0.15) is 5.70 Å². The van der Waals surface area contributed by atoms with Crippen LogP contribution < -0.4 is 5.32 Å². The van der Waals surface area contributed by atoms with Gasteiger partial charge in [-0.15, -0.1) is 0 Å². The van der Waals surface area contributed by atoms with Crippen LogP contribution in [0.5, 0.6) is 0 Å². The highest BCUT2D eigenvalue weighted by molar-refractivity contribution is 6.49. The molecule has 0 aliphatic heterocycles. The zero-order chi connectivity index (χ0) is 15.3. The van der Waals surface area contributed by atoms with Crippen LogP contribution in [0.4, 0.5) is 5.69 Å². The molecule has 0 fully saturated rings. The Balaban J connectivity index is 3.14. The summed E-state index contributed by atoms with van der Waals surface area (Å²) in [5.74, 6) is -1.49. The molecule has 0 saturated heterocycles. The molecule has 1 rings (SSSR count). The van der Waals surface area contributed by atoms with Crippen molar-refractivity contribution in [3.05, 3.63) is 39.0 Å². The molecule has 0 saturated carbocycles. The maximum absolute atomic E-state index is 11.6. The summed E-state index contributed by atoms with van der Waals surface area (Å²) in [6.45, 7) is 0. The molecule has 108 valence electrons. The van der Waals surface area contributed by atoms with Gasteiger partial charge in [0, 0.05) is 0 Å². The average molecular weight is 339 g/mol. The quantitative estimate of drug-likeness (QED) is 0.518. The second kappa shape index (κ2) is 7.38.